The summed E-state index contributed by atoms with van der Waals surface area (Å²) >= 11 is 2.84. The first-order valence-corrected chi connectivity index (χ1v) is 17.1. The molecule has 3 aromatic carbocycles. The van der Waals surface area contributed by atoms with Crippen LogP contribution in [0.25, 0.3) is 0 Å². The normalized spacial score (nSPS) is 26.9. The Balaban J connectivity index is 1.09. The summed E-state index contributed by atoms with van der Waals surface area (Å²) in [6.07, 6.45) is 0.788. The molecule has 47 heavy (non-hydrogen) atoms. The van der Waals surface area contributed by atoms with Gasteiger partial charge in [0, 0.05) is 21.7 Å². The lowest BCUT2D eigenvalue weighted by Gasteiger charge is -2.43. The zero-order valence-corrected chi connectivity index (χ0v) is 27.1. The number of para-hydroxylation sites is 1. The number of nitrogens with one attached hydrogen (secondary N) is 2. The van der Waals surface area contributed by atoms with Crippen molar-refractivity contribution in [2.45, 2.75) is 22.6 Å². The molecule has 3 fully saturated rings. The molecule has 12 heteroatoms. The number of rotatable bonds is 8. The molecule has 2 bridgehead atoms. The van der Waals surface area contributed by atoms with Gasteiger partial charge in [-0.05, 0) is 78.3 Å². The van der Waals surface area contributed by atoms with Crippen LogP contribution in [-0.4, -0.2) is 48.8 Å². The van der Waals surface area contributed by atoms with Crippen molar-refractivity contribution in [2.75, 3.05) is 31.0 Å². The molecule has 0 radical (unpaired) electrons. The minimum atomic E-state index is -0.413. The summed E-state index contributed by atoms with van der Waals surface area (Å²) in [6.45, 7) is -0.202. The maximum absolute atomic E-state index is 14.0. The number of anilines is 2. The molecule has 0 spiro atoms. The Morgan fingerprint density at radius 3 is 2.38 bits per heavy atom. The van der Waals surface area contributed by atoms with Gasteiger partial charge in [-0.2, -0.15) is 0 Å². The van der Waals surface area contributed by atoms with Crippen LogP contribution in [-0.2, 0) is 14.4 Å². The third-order valence-corrected chi connectivity index (χ3v) is 12.6. The third-order valence-electron chi connectivity index (χ3n) is 10.0. The Bertz CT molecular complexity index is 1940. The Morgan fingerprint density at radius 1 is 0.915 bits per heavy atom. The summed E-state index contributed by atoms with van der Waals surface area (Å²) in [5.41, 5.74) is 2.17. The number of fused-ring (bicyclic) bond motifs is 9. The molecule has 2 saturated carbocycles. The topological polar surface area (TPSA) is 127 Å². The second-order valence-corrected chi connectivity index (χ2v) is 14.5. The molecule has 3 amide bonds. The van der Waals surface area contributed by atoms with Crippen LogP contribution in [0.4, 0.5) is 11.4 Å². The van der Waals surface area contributed by atoms with Gasteiger partial charge in [0.05, 0.1) is 36.8 Å². The van der Waals surface area contributed by atoms with Crippen molar-refractivity contribution in [3.05, 3.63) is 92.9 Å². The number of benzene rings is 3. The minimum absolute atomic E-state index is 0.00591. The minimum Gasteiger partial charge on any atom is -0.497 e. The van der Waals surface area contributed by atoms with Gasteiger partial charge in [-0.15, -0.1) is 11.8 Å². The lowest BCUT2D eigenvalue weighted by atomic mass is 9.68. The highest BCUT2D eigenvalue weighted by Gasteiger charge is 2.69. The number of aromatic amines is 1. The standard InChI is InChI=1S/C35H31N3O7S2/c1-43-20-11-9-19(10-12-20)38-33(40)28-21-15-22(29(28)34(38)41)30-27(21)26(31-32(46-30)37-35(42)47-31)17-8-13-23(24(14-17)44-2)45-16-25(39)36-18-6-4-3-5-7-18/h3-14,21-22,26-30H,15-16H2,1-2H3,(H,36,39)(H,37,42)/t21-,22-,26+,27-,28+,29+,30-/m1/s1. The van der Waals surface area contributed by atoms with E-state index in [2.05, 4.69) is 10.3 Å². The number of hydrogen-bond donors (Lipinski definition) is 2. The van der Waals surface area contributed by atoms with Gasteiger partial charge in [0.2, 0.25) is 11.8 Å². The predicted octanol–water partition coefficient (Wildman–Crippen LogP) is 5.15. The Labute approximate surface area is 278 Å². The molecule has 4 aromatic rings. The van der Waals surface area contributed by atoms with Crippen LogP contribution < -0.4 is 29.3 Å². The van der Waals surface area contributed by atoms with Crippen molar-refractivity contribution in [2.24, 2.45) is 29.6 Å². The highest BCUT2D eigenvalue weighted by molar-refractivity contribution is 8.00. The van der Waals surface area contributed by atoms with Crippen LogP contribution in [0.1, 0.15) is 22.8 Å². The largest absolute Gasteiger partial charge is 0.497 e. The third kappa shape index (κ3) is 4.84. The second-order valence-electron chi connectivity index (χ2n) is 12.3. The fraction of sp³-hybridized carbons (Fsp3) is 0.314. The molecule has 240 valence electrons. The first-order valence-electron chi connectivity index (χ1n) is 15.4. The summed E-state index contributed by atoms with van der Waals surface area (Å²) in [5.74, 6) is -0.0197. The number of thioether (sulfide) groups is 1. The number of hydrogen-bond acceptors (Lipinski definition) is 9. The van der Waals surface area contributed by atoms with Gasteiger partial charge in [0.15, 0.2) is 18.1 Å². The molecule has 0 unspecified atom stereocenters. The molecule has 7 atom stereocenters. The van der Waals surface area contributed by atoms with Crippen LogP contribution in [0, 0.1) is 29.6 Å². The van der Waals surface area contributed by atoms with Crippen molar-refractivity contribution in [1.29, 1.82) is 0 Å². The van der Waals surface area contributed by atoms with Crippen molar-refractivity contribution >= 4 is 52.2 Å². The molecule has 1 saturated heterocycles. The summed E-state index contributed by atoms with van der Waals surface area (Å²) in [7, 11) is 3.13. The van der Waals surface area contributed by atoms with E-state index < -0.39 is 5.92 Å². The van der Waals surface area contributed by atoms with Crippen LogP contribution in [0.2, 0.25) is 0 Å². The lowest BCUT2D eigenvalue weighted by molar-refractivity contribution is -0.123. The molecular formula is C35H31N3O7S2. The average Bonchev–Trinajstić information content (AvgIpc) is 3.83. The van der Waals surface area contributed by atoms with Gasteiger partial charge in [-0.3, -0.25) is 24.1 Å². The van der Waals surface area contributed by atoms with Crippen molar-refractivity contribution < 1.29 is 28.6 Å². The first kappa shape index (κ1) is 29.8. The van der Waals surface area contributed by atoms with Gasteiger partial charge in [0.1, 0.15) is 5.75 Å². The highest BCUT2D eigenvalue weighted by atomic mass is 32.2. The lowest BCUT2D eigenvalue weighted by Crippen LogP contribution is -2.42. The number of aromatic nitrogens is 1. The molecule has 10 nitrogen and oxygen atoms in total. The van der Waals surface area contributed by atoms with Crippen molar-refractivity contribution in [3.63, 3.8) is 0 Å². The number of nitrogens with zero attached hydrogens (tertiary/aromatic N) is 1. The predicted molar refractivity (Wildman–Crippen MR) is 178 cm³/mol. The number of ether oxygens (including phenoxy) is 3. The SMILES string of the molecule is COc1ccc(N2C(=O)[C@H]3[C@H]4C[C@@H]([C@@H]3C2=O)[C@@H]2[C@H](c3ccc(OCC(=O)Nc5ccccc5)c(OC)c3)c3sc(=O)[nH]c3S[C@H]42)cc1. The number of methoxy groups -OCH3 is 2. The van der Waals surface area contributed by atoms with E-state index in [-0.39, 0.29) is 64.0 Å². The smallest absolute Gasteiger partial charge is 0.305 e. The Kier molecular flexibility index (Phi) is 7.36. The number of thiazole rings is 1. The Hall–Kier alpha value is -4.55. The van der Waals surface area contributed by atoms with E-state index in [9.17, 15) is 19.2 Å². The van der Waals surface area contributed by atoms with E-state index in [1.807, 2.05) is 30.3 Å². The molecular weight excluding hydrogens is 639 g/mol. The fourth-order valence-electron chi connectivity index (χ4n) is 8.23. The van der Waals surface area contributed by atoms with E-state index in [1.165, 1.54) is 16.2 Å². The summed E-state index contributed by atoms with van der Waals surface area (Å²) in [4.78, 5) is 58.4. The summed E-state index contributed by atoms with van der Waals surface area (Å²) < 4.78 is 16.9. The van der Waals surface area contributed by atoms with Crippen LogP contribution in [0.15, 0.2) is 82.6 Å². The molecule has 4 aliphatic rings. The van der Waals surface area contributed by atoms with Crippen molar-refractivity contribution in [3.8, 4) is 17.2 Å². The van der Waals surface area contributed by atoms with Gasteiger partial charge in [0.25, 0.3) is 5.91 Å². The van der Waals surface area contributed by atoms with E-state index >= 15 is 0 Å². The van der Waals surface area contributed by atoms with Gasteiger partial charge >= 0.3 is 4.87 Å². The number of imide groups is 1. The van der Waals surface area contributed by atoms with Crippen LogP contribution in [0.5, 0.6) is 17.2 Å². The molecule has 8 rings (SSSR count). The van der Waals surface area contributed by atoms with Gasteiger partial charge < -0.3 is 24.5 Å². The molecule has 1 aromatic heterocycles. The van der Waals surface area contributed by atoms with E-state index in [4.69, 9.17) is 14.2 Å². The maximum Gasteiger partial charge on any atom is 0.305 e. The van der Waals surface area contributed by atoms with Crippen LogP contribution >= 0.6 is 23.1 Å². The number of amides is 3. The number of H-pyrrole nitrogens is 1. The van der Waals surface area contributed by atoms with E-state index in [0.717, 1.165) is 21.9 Å². The summed E-state index contributed by atoms with van der Waals surface area (Å²) in [5, 5.41) is 3.70. The monoisotopic (exact) mass is 669 g/mol. The first-order chi connectivity index (χ1) is 22.9. The fourth-order valence-corrected chi connectivity index (χ4v) is 11.1. The highest BCUT2D eigenvalue weighted by Crippen LogP contribution is 2.68. The maximum atomic E-state index is 14.0. The van der Waals surface area contributed by atoms with Gasteiger partial charge in [-0.25, -0.2) is 0 Å². The zero-order valence-electron chi connectivity index (χ0n) is 25.5. The van der Waals surface area contributed by atoms with E-state index in [1.54, 1.807) is 68.4 Å². The Morgan fingerprint density at radius 2 is 1.66 bits per heavy atom. The number of carbonyl (C=O) groups is 3. The molecule has 3 heterocycles. The average molecular weight is 670 g/mol. The molecule has 2 N–H and O–H groups in total. The second kappa shape index (κ2) is 11.6. The zero-order chi connectivity index (χ0) is 32.4. The van der Waals surface area contributed by atoms with E-state index in [0.29, 0.717) is 28.6 Å². The summed E-state index contributed by atoms with van der Waals surface area (Å²) in [6, 6.07) is 21.8. The quantitative estimate of drug-likeness (QED) is 0.247. The van der Waals surface area contributed by atoms with Crippen molar-refractivity contribution in [1.82, 2.24) is 4.98 Å². The molecule has 2 aliphatic carbocycles. The number of carbonyl (C=O) groups excluding carboxylic acids is 3. The van der Waals surface area contributed by atoms with Crippen LogP contribution in [0.3, 0.4) is 0 Å². The molecule has 2 aliphatic heterocycles. The van der Waals surface area contributed by atoms with Gasteiger partial charge in [-0.1, -0.05) is 35.6 Å².